The van der Waals surface area contributed by atoms with E-state index in [1.54, 1.807) is 25.4 Å². The van der Waals surface area contributed by atoms with Crippen LogP contribution in [0.2, 0.25) is 0 Å². The van der Waals surface area contributed by atoms with Gasteiger partial charge in [-0.15, -0.1) is 10.2 Å². The molecule has 1 N–H and O–H groups in total. The minimum atomic E-state index is -0.928. The lowest BCUT2D eigenvalue weighted by Gasteiger charge is -2.43. The quantitative estimate of drug-likeness (QED) is 0.698. The molecular formula is C23H26FN5O2. The first-order chi connectivity index (χ1) is 14.8. The number of anilines is 1. The summed E-state index contributed by atoms with van der Waals surface area (Å²) in [5.41, 5.74) is 0.830. The Bertz CT molecular complexity index is 1200. The Morgan fingerprint density at radius 2 is 1.97 bits per heavy atom. The topological polar surface area (TPSA) is 74.5 Å². The second kappa shape index (κ2) is 7.30. The fraction of sp³-hybridized carbons (Fsp3) is 0.435. The maximum absolute atomic E-state index is 15.1. The molecule has 0 spiro atoms. The van der Waals surface area contributed by atoms with Gasteiger partial charge in [0.15, 0.2) is 5.82 Å². The lowest BCUT2D eigenvalue weighted by atomic mass is 9.95. The number of aromatic hydroxyl groups is 1. The molecule has 0 radical (unpaired) electrons. The van der Waals surface area contributed by atoms with E-state index < -0.39 is 6.17 Å². The molecule has 0 unspecified atom stereocenters. The van der Waals surface area contributed by atoms with E-state index >= 15 is 4.39 Å². The number of halogens is 1. The van der Waals surface area contributed by atoms with Crippen LogP contribution in [0, 0.1) is 0 Å². The van der Waals surface area contributed by atoms with Crippen molar-refractivity contribution >= 4 is 16.6 Å². The molecule has 2 aliphatic rings. The Kier molecular flexibility index (Phi) is 4.69. The highest BCUT2D eigenvalue weighted by molar-refractivity contribution is 5.89. The number of alkyl halides is 1. The smallest absolute Gasteiger partial charge is 0.258 e. The monoisotopic (exact) mass is 423 g/mol. The van der Waals surface area contributed by atoms with Gasteiger partial charge in [0.1, 0.15) is 11.9 Å². The van der Waals surface area contributed by atoms with Crippen molar-refractivity contribution in [1.82, 2.24) is 19.7 Å². The van der Waals surface area contributed by atoms with Crippen LogP contribution in [0.5, 0.6) is 5.75 Å². The summed E-state index contributed by atoms with van der Waals surface area (Å²) in [6.45, 7) is 0. The largest absolute Gasteiger partial charge is 0.507 e. The van der Waals surface area contributed by atoms with Crippen LogP contribution in [0.3, 0.4) is 0 Å². The number of piperidine rings is 1. The van der Waals surface area contributed by atoms with E-state index in [2.05, 4.69) is 15.1 Å². The normalized spacial score (nSPS) is 25.8. The van der Waals surface area contributed by atoms with Crippen LogP contribution < -0.4 is 10.5 Å². The minimum absolute atomic E-state index is 0.0260. The number of pyridine rings is 1. The van der Waals surface area contributed by atoms with Crippen LogP contribution in [0.1, 0.15) is 19.3 Å². The van der Waals surface area contributed by atoms with Gasteiger partial charge in [-0.3, -0.25) is 9.69 Å². The summed E-state index contributed by atoms with van der Waals surface area (Å²) >= 11 is 0. The van der Waals surface area contributed by atoms with E-state index in [0.717, 1.165) is 24.6 Å². The molecule has 3 aromatic rings. The van der Waals surface area contributed by atoms with Crippen LogP contribution >= 0.6 is 0 Å². The number of fused-ring (bicyclic) bond motifs is 3. The van der Waals surface area contributed by atoms with Crippen molar-refractivity contribution in [3.63, 3.8) is 0 Å². The third-order valence-electron chi connectivity index (χ3n) is 7.13. The molecule has 8 heteroatoms. The van der Waals surface area contributed by atoms with Crippen LogP contribution in [0.15, 0.2) is 41.3 Å². The fourth-order valence-corrected chi connectivity index (χ4v) is 5.16. The SMILES string of the molecule is CN(c1ccc(-c2cc3ccn(C)c(=O)c3cc2O)nn1)[C@@H]1C[C@H]2CC[C@@H]([C@@H]1F)N2C. The summed E-state index contributed by atoms with van der Waals surface area (Å²) in [7, 11) is 5.56. The fourth-order valence-electron chi connectivity index (χ4n) is 5.16. The number of nitrogens with zero attached hydrogens (tertiary/aromatic N) is 5. The molecule has 1 aromatic carbocycles. The standard InChI is InChI=1S/C23H26FN5O2/c1-27-9-8-13-10-16(20(30)12-15(13)23(27)31)17-5-7-21(26-25-17)29(3)19-11-14-4-6-18(22(19)24)28(14)2/h5,7-10,12,14,18-19,22,30H,4,6,11H2,1-3H3/t14-,18+,19-,22+/m1/s1. The summed E-state index contributed by atoms with van der Waals surface area (Å²) in [4.78, 5) is 16.4. The van der Waals surface area contributed by atoms with E-state index in [0.29, 0.717) is 28.5 Å². The lowest BCUT2D eigenvalue weighted by molar-refractivity contribution is 0.0701. The molecule has 2 aromatic heterocycles. The maximum atomic E-state index is 15.1. The number of rotatable bonds is 3. The third-order valence-corrected chi connectivity index (χ3v) is 7.13. The molecule has 162 valence electrons. The highest BCUT2D eigenvalue weighted by atomic mass is 19.1. The Balaban J connectivity index is 1.43. The first kappa shape index (κ1) is 19.9. The van der Waals surface area contributed by atoms with Crippen LogP contribution in [0.25, 0.3) is 22.0 Å². The number of aromatic nitrogens is 3. The molecule has 2 bridgehead atoms. The summed E-state index contributed by atoms with van der Waals surface area (Å²) < 4.78 is 16.6. The van der Waals surface area contributed by atoms with E-state index in [-0.39, 0.29) is 23.4 Å². The van der Waals surface area contributed by atoms with E-state index in [9.17, 15) is 9.90 Å². The van der Waals surface area contributed by atoms with Crippen molar-refractivity contribution in [2.24, 2.45) is 7.05 Å². The number of aryl methyl sites for hydroxylation is 1. The zero-order chi connectivity index (χ0) is 21.9. The van der Waals surface area contributed by atoms with E-state index in [1.165, 1.54) is 10.6 Å². The highest BCUT2D eigenvalue weighted by Gasteiger charge is 2.47. The first-order valence-corrected chi connectivity index (χ1v) is 10.6. The van der Waals surface area contributed by atoms with Gasteiger partial charge in [0.2, 0.25) is 0 Å². The molecule has 7 nitrogen and oxygen atoms in total. The number of hydrogen-bond donors (Lipinski definition) is 1. The zero-order valence-electron chi connectivity index (χ0n) is 17.9. The van der Waals surface area contributed by atoms with Gasteiger partial charge >= 0.3 is 0 Å². The molecule has 2 fully saturated rings. The van der Waals surface area contributed by atoms with Crippen molar-refractivity contribution in [2.45, 2.75) is 43.6 Å². The molecule has 4 atom stereocenters. The van der Waals surface area contributed by atoms with E-state index in [1.807, 2.05) is 31.1 Å². The number of phenolic OH excluding ortho intramolecular Hbond substituents is 1. The third kappa shape index (κ3) is 3.17. The Hall–Kier alpha value is -3.00. The Morgan fingerprint density at radius 3 is 2.71 bits per heavy atom. The second-order valence-corrected chi connectivity index (χ2v) is 8.79. The molecule has 0 saturated carbocycles. The second-order valence-electron chi connectivity index (χ2n) is 8.79. The first-order valence-electron chi connectivity index (χ1n) is 10.6. The van der Waals surface area contributed by atoms with Crippen LogP contribution in [0.4, 0.5) is 10.2 Å². The molecular weight excluding hydrogens is 397 g/mol. The number of phenols is 1. The van der Waals surface area contributed by atoms with Crippen molar-refractivity contribution in [1.29, 1.82) is 0 Å². The maximum Gasteiger partial charge on any atom is 0.258 e. The van der Waals surface area contributed by atoms with Gasteiger partial charge in [-0.25, -0.2) is 4.39 Å². The van der Waals surface area contributed by atoms with Crippen molar-refractivity contribution in [3.05, 3.63) is 46.9 Å². The van der Waals surface area contributed by atoms with Crippen molar-refractivity contribution in [3.8, 4) is 17.0 Å². The molecule has 4 heterocycles. The average molecular weight is 423 g/mol. The predicted molar refractivity (Wildman–Crippen MR) is 118 cm³/mol. The molecule has 0 aliphatic carbocycles. The molecule has 2 saturated heterocycles. The van der Waals surface area contributed by atoms with Crippen molar-refractivity contribution in [2.75, 3.05) is 19.0 Å². The Morgan fingerprint density at radius 1 is 1.16 bits per heavy atom. The van der Waals surface area contributed by atoms with E-state index in [4.69, 9.17) is 0 Å². The summed E-state index contributed by atoms with van der Waals surface area (Å²) in [5, 5.41) is 20.3. The molecule has 31 heavy (non-hydrogen) atoms. The average Bonchev–Trinajstić information content (AvgIpc) is 3.03. The highest BCUT2D eigenvalue weighted by Crippen LogP contribution is 2.39. The van der Waals surface area contributed by atoms with Crippen LogP contribution in [-0.2, 0) is 7.05 Å². The van der Waals surface area contributed by atoms with Crippen LogP contribution in [-0.4, -0.2) is 63.2 Å². The van der Waals surface area contributed by atoms with Gasteiger partial charge in [-0.2, -0.15) is 0 Å². The molecule has 5 rings (SSSR count). The van der Waals surface area contributed by atoms with Crippen molar-refractivity contribution < 1.29 is 9.50 Å². The van der Waals surface area contributed by atoms with Gasteiger partial charge in [0.05, 0.1) is 17.1 Å². The number of benzene rings is 1. The minimum Gasteiger partial charge on any atom is -0.507 e. The summed E-state index contributed by atoms with van der Waals surface area (Å²) in [6.07, 6.45) is 3.48. The lowest BCUT2D eigenvalue weighted by Crippen LogP contribution is -2.56. The molecule has 0 amide bonds. The van der Waals surface area contributed by atoms with Gasteiger partial charge < -0.3 is 14.6 Å². The summed E-state index contributed by atoms with van der Waals surface area (Å²) in [6, 6.07) is 8.78. The van der Waals surface area contributed by atoms with Gasteiger partial charge in [-0.05, 0) is 62.0 Å². The number of hydrogen-bond acceptors (Lipinski definition) is 6. The van der Waals surface area contributed by atoms with Gasteiger partial charge in [-0.1, -0.05) is 0 Å². The van der Waals surface area contributed by atoms with Gasteiger partial charge in [0.25, 0.3) is 5.56 Å². The molecule has 2 aliphatic heterocycles. The van der Waals surface area contributed by atoms with Gasteiger partial charge in [0, 0.05) is 37.9 Å². The summed E-state index contributed by atoms with van der Waals surface area (Å²) in [5.74, 6) is 0.580. The Labute approximate surface area is 179 Å². The zero-order valence-corrected chi connectivity index (χ0v) is 17.9. The predicted octanol–water partition coefficient (Wildman–Crippen LogP) is 2.71.